The van der Waals surface area contributed by atoms with Gasteiger partial charge in [0.05, 0.1) is 4.91 Å². The molecule has 116 valence electrons. The first-order valence-corrected chi connectivity index (χ1v) is 9.20. The smallest absolute Gasteiger partial charge is 0.266 e. The van der Waals surface area contributed by atoms with Crippen molar-refractivity contribution in [2.45, 2.75) is 26.2 Å². The summed E-state index contributed by atoms with van der Waals surface area (Å²) in [6.45, 7) is 2.62. The molecule has 0 unspecified atom stereocenters. The van der Waals surface area contributed by atoms with E-state index < -0.39 is 0 Å². The molecule has 1 aliphatic heterocycles. The summed E-state index contributed by atoms with van der Waals surface area (Å²) in [5.41, 5.74) is 3.78. The number of amides is 1. The second kappa shape index (κ2) is 5.77. The first-order chi connectivity index (χ1) is 11.2. The topological polar surface area (TPSA) is 20.3 Å². The summed E-state index contributed by atoms with van der Waals surface area (Å²) in [5.74, 6) is 0.0820. The van der Waals surface area contributed by atoms with Gasteiger partial charge in [-0.05, 0) is 59.7 Å². The van der Waals surface area contributed by atoms with Crippen LogP contribution < -0.4 is 0 Å². The molecule has 1 saturated heterocycles. The second-order valence-corrected chi connectivity index (χ2v) is 7.58. The fourth-order valence-electron chi connectivity index (χ4n) is 3.46. The molecular formula is C19H17NOS2. The van der Waals surface area contributed by atoms with Crippen LogP contribution >= 0.6 is 24.0 Å². The maximum absolute atomic E-state index is 12.7. The van der Waals surface area contributed by atoms with Gasteiger partial charge in [0.25, 0.3) is 5.91 Å². The number of likely N-dealkylation sites (N-methyl/N-ethyl adjacent to an activating group) is 1. The largest absolute Gasteiger partial charge is 0.293 e. The molecule has 1 fully saturated rings. The minimum absolute atomic E-state index is 0.0820. The zero-order valence-electron chi connectivity index (χ0n) is 13.0. The van der Waals surface area contributed by atoms with Gasteiger partial charge >= 0.3 is 0 Å². The van der Waals surface area contributed by atoms with Crippen LogP contribution in [0.2, 0.25) is 0 Å². The molecule has 0 atom stereocenters. The number of allylic oxidation sites excluding steroid dienone is 1. The van der Waals surface area contributed by atoms with Gasteiger partial charge in [0.1, 0.15) is 4.32 Å². The third-order valence-electron chi connectivity index (χ3n) is 4.61. The molecule has 2 aromatic rings. The molecular weight excluding hydrogens is 322 g/mol. The third-order valence-corrected chi connectivity index (χ3v) is 6.10. The Morgan fingerprint density at radius 2 is 1.91 bits per heavy atom. The standard InChI is InChI=1S/C19H17NOS2/c1-2-20-18(21)17(23-19(20)22)15-9-5-8-14-10-12-6-3-4-7-13(12)11-16(14)15/h3-4,6-7,10-11H,2,5,8-9H2,1H3/b17-15+. The van der Waals surface area contributed by atoms with Crippen LogP contribution in [0.25, 0.3) is 16.3 Å². The Bertz CT molecular complexity index is 869. The number of carbonyl (C=O) groups is 1. The summed E-state index contributed by atoms with van der Waals surface area (Å²) in [7, 11) is 0. The quantitative estimate of drug-likeness (QED) is 0.551. The molecule has 0 bridgehead atoms. The predicted octanol–water partition coefficient (Wildman–Crippen LogP) is 4.77. The van der Waals surface area contributed by atoms with E-state index in [2.05, 4.69) is 36.4 Å². The zero-order chi connectivity index (χ0) is 16.0. The molecule has 2 aliphatic rings. The fraction of sp³-hybridized carbons (Fsp3) is 0.263. The molecule has 23 heavy (non-hydrogen) atoms. The van der Waals surface area contributed by atoms with Gasteiger partial charge in [-0.3, -0.25) is 9.69 Å². The van der Waals surface area contributed by atoms with Gasteiger partial charge in [0.15, 0.2) is 0 Å². The summed E-state index contributed by atoms with van der Waals surface area (Å²) in [6, 6.07) is 13.0. The molecule has 1 amide bonds. The molecule has 0 N–H and O–H groups in total. The number of thioether (sulfide) groups is 1. The van der Waals surface area contributed by atoms with E-state index in [1.165, 1.54) is 39.2 Å². The van der Waals surface area contributed by atoms with E-state index >= 15 is 0 Å². The van der Waals surface area contributed by atoms with Crippen molar-refractivity contribution < 1.29 is 4.79 Å². The van der Waals surface area contributed by atoms with Crippen molar-refractivity contribution in [3.63, 3.8) is 0 Å². The molecule has 0 spiro atoms. The first-order valence-electron chi connectivity index (χ1n) is 7.98. The maximum atomic E-state index is 12.7. The zero-order valence-corrected chi connectivity index (χ0v) is 14.6. The Labute approximate surface area is 145 Å². The first kappa shape index (κ1) is 14.9. The number of benzene rings is 2. The number of hydrogen-bond donors (Lipinski definition) is 0. The average Bonchev–Trinajstić information content (AvgIpc) is 2.86. The van der Waals surface area contributed by atoms with E-state index in [1.54, 1.807) is 4.90 Å². The lowest BCUT2D eigenvalue weighted by Gasteiger charge is -2.21. The molecule has 4 rings (SSSR count). The lowest BCUT2D eigenvalue weighted by atomic mass is 9.85. The highest BCUT2D eigenvalue weighted by atomic mass is 32.2. The van der Waals surface area contributed by atoms with Crippen molar-refractivity contribution in [1.29, 1.82) is 0 Å². The minimum atomic E-state index is 0.0820. The van der Waals surface area contributed by atoms with Crippen molar-refractivity contribution in [3.8, 4) is 0 Å². The van der Waals surface area contributed by atoms with Crippen LogP contribution in [0.1, 0.15) is 30.9 Å². The Balaban J connectivity index is 1.91. The lowest BCUT2D eigenvalue weighted by molar-refractivity contribution is -0.122. The highest BCUT2D eigenvalue weighted by Crippen LogP contribution is 2.42. The van der Waals surface area contributed by atoms with Crippen LogP contribution in [0, 0.1) is 0 Å². The summed E-state index contributed by atoms with van der Waals surface area (Å²) in [5, 5.41) is 2.50. The van der Waals surface area contributed by atoms with Crippen molar-refractivity contribution in [2.75, 3.05) is 6.54 Å². The minimum Gasteiger partial charge on any atom is -0.293 e. The van der Waals surface area contributed by atoms with Crippen molar-refractivity contribution in [2.24, 2.45) is 0 Å². The van der Waals surface area contributed by atoms with Gasteiger partial charge in [0.2, 0.25) is 0 Å². The normalized spacial score (nSPS) is 21.2. The van der Waals surface area contributed by atoms with Crippen LogP contribution in [-0.4, -0.2) is 21.7 Å². The average molecular weight is 339 g/mol. The SMILES string of the molecule is CCN1C(=O)/C(=C2/CCCc3cc4ccccc4cc32)SC1=S. The Hall–Kier alpha value is -1.65. The van der Waals surface area contributed by atoms with E-state index in [0.29, 0.717) is 10.9 Å². The maximum Gasteiger partial charge on any atom is 0.266 e. The van der Waals surface area contributed by atoms with Gasteiger partial charge in [-0.2, -0.15) is 0 Å². The molecule has 0 saturated carbocycles. The monoisotopic (exact) mass is 339 g/mol. The number of rotatable bonds is 1. The van der Waals surface area contributed by atoms with Crippen LogP contribution in [0.4, 0.5) is 0 Å². The van der Waals surface area contributed by atoms with Gasteiger partial charge in [0, 0.05) is 6.54 Å². The summed E-state index contributed by atoms with van der Waals surface area (Å²) >= 11 is 6.84. The summed E-state index contributed by atoms with van der Waals surface area (Å²) in [4.78, 5) is 15.2. The number of thiocarbonyl (C=S) groups is 1. The molecule has 2 nitrogen and oxygen atoms in total. The van der Waals surface area contributed by atoms with Crippen LogP contribution in [0.15, 0.2) is 41.3 Å². The van der Waals surface area contributed by atoms with Gasteiger partial charge in [-0.25, -0.2) is 0 Å². The molecule has 4 heteroatoms. The number of aryl methyl sites for hydroxylation is 1. The van der Waals surface area contributed by atoms with Crippen molar-refractivity contribution in [1.82, 2.24) is 4.90 Å². The molecule has 0 aromatic heterocycles. The van der Waals surface area contributed by atoms with Crippen LogP contribution in [-0.2, 0) is 11.2 Å². The molecule has 2 aromatic carbocycles. The summed E-state index contributed by atoms with van der Waals surface area (Å²) in [6.07, 6.45) is 3.13. The van der Waals surface area contributed by atoms with E-state index in [4.69, 9.17) is 12.2 Å². The van der Waals surface area contributed by atoms with Crippen LogP contribution in [0.5, 0.6) is 0 Å². The Morgan fingerprint density at radius 1 is 1.17 bits per heavy atom. The van der Waals surface area contributed by atoms with Gasteiger partial charge in [-0.1, -0.05) is 54.3 Å². The van der Waals surface area contributed by atoms with E-state index in [9.17, 15) is 4.79 Å². The van der Waals surface area contributed by atoms with Gasteiger partial charge in [-0.15, -0.1) is 0 Å². The number of hydrogen-bond acceptors (Lipinski definition) is 3. The van der Waals surface area contributed by atoms with E-state index in [0.717, 1.165) is 24.2 Å². The van der Waals surface area contributed by atoms with Crippen molar-refractivity contribution in [3.05, 3.63) is 52.4 Å². The van der Waals surface area contributed by atoms with E-state index in [1.807, 2.05) is 6.92 Å². The number of carbonyl (C=O) groups excluding carboxylic acids is 1. The molecule has 1 aliphatic carbocycles. The third kappa shape index (κ3) is 2.41. The number of fused-ring (bicyclic) bond motifs is 2. The predicted molar refractivity (Wildman–Crippen MR) is 101 cm³/mol. The molecule has 0 radical (unpaired) electrons. The van der Waals surface area contributed by atoms with Crippen LogP contribution in [0.3, 0.4) is 0 Å². The highest BCUT2D eigenvalue weighted by molar-refractivity contribution is 8.26. The fourth-order valence-corrected chi connectivity index (χ4v) is 4.95. The highest BCUT2D eigenvalue weighted by Gasteiger charge is 2.34. The summed E-state index contributed by atoms with van der Waals surface area (Å²) < 4.78 is 0.688. The lowest BCUT2D eigenvalue weighted by Crippen LogP contribution is -2.27. The second-order valence-electron chi connectivity index (χ2n) is 5.94. The Morgan fingerprint density at radius 3 is 2.61 bits per heavy atom. The van der Waals surface area contributed by atoms with Gasteiger partial charge < -0.3 is 0 Å². The van der Waals surface area contributed by atoms with E-state index in [-0.39, 0.29) is 5.91 Å². The Kier molecular flexibility index (Phi) is 3.74. The number of nitrogens with zero attached hydrogens (tertiary/aromatic N) is 1. The molecule has 1 heterocycles. The van der Waals surface area contributed by atoms with Crippen molar-refractivity contribution >= 4 is 50.6 Å².